The van der Waals surface area contributed by atoms with Gasteiger partial charge in [-0.05, 0) is 23.6 Å². The second kappa shape index (κ2) is 8.74. The summed E-state index contributed by atoms with van der Waals surface area (Å²) in [6, 6.07) is 7.37. The number of carbonyl (C=O) groups excluding carboxylic acids is 2. The average Bonchev–Trinajstić information content (AvgIpc) is 2.45. The molecule has 1 aromatic carbocycles. The van der Waals surface area contributed by atoms with Crippen LogP contribution in [-0.2, 0) is 10.1 Å². The molecule has 0 aromatic heterocycles. The Morgan fingerprint density at radius 3 is 2.35 bits per heavy atom. The minimum atomic E-state index is -0.150. The third-order valence-electron chi connectivity index (χ3n) is 2.72. The second-order valence-corrected chi connectivity index (χ2v) is 5.60. The molecule has 20 heavy (non-hydrogen) atoms. The lowest BCUT2D eigenvalue weighted by Crippen LogP contribution is -2.32. The molecule has 0 fully saturated rings. The third kappa shape index (κ3) is 6.19. The smallest absolute Gasteiger partial charge is 0.251 e. The summed E-state index contributed by atoms with van der Waals surface area (Å²) in [7, 11) is 0. The van der Waals surface area contributed by atoms with Gasteiger partial charge in [-0.15, -0.1) is 0 Å². The lowest BCUT2D eigenvalue weighted by molar-refractivity contribution is -0.121. The van der Waals surface area contributed by atoms with Crippen LogP contribution in [0.15, 0.2) is 24.3 Å². The Hall–Kier alpha value is -1.36. The van der Waals surface area contributed by atoms with Crippen molar-refractivity contribution in [2.75, 3.05) is 13.1 Å². The summed E-state index contributed by atoms with van der Waals surface area (Å²) < 4.78 is 0. The van der Waals surface area contributed by atoms with Crippen LogP contribution < -0.4 is 10.6 Å². The molecule has 5 heteroatoms. The Morgan fingerprint density at radius 2 is 1.80 bits per heavy atom. The van der Waals surface area contributed by atoms with Gasteiger partial charge in [0.15, 0.2) is 0 Å². The highest BCUT2D eigenvalue weighted by atomic mass is 79.9. The van der Waals surface area contributed by atoms with Crippen LogP contribution in [0.25, 0.3) is 0 Å². The van der Waals surface area contributed by atoms with Crippen molar-refractivity contribution < 1.29 is 9.59 Å². The van der Waals surface area contributed by atoms with E-state index < -0.39 is 0 Å². The van der Waals surface area contributed by atoms with Crippen LogP contribution in [0.1, 0.15) is 36.2 Å². The van der Waals surface area contributed by atoms with E-state index >= 15 is 0 Å². The molecule has 0 aliphatic carbocycles. The molecule has 0 unspecified atom stereocenters. The van der Waals surface area contributed by atoms with Crippen LogP contribution in [0.4, 0.5) is 0 Å². The van der Waals surface area contributed by atoms with E-state index in [1.165, 1.54) is 0 Å². The highest BCUT2D eigenvalue weighted by Gasteiger charge is 2.06. The monoisotopic (exact) mass is 340 g/mol. The number of rotatable bonds is 7. The fourth-order valence-corrected chi connectivity index (χ4v) is 1.92. The van der Waals surface area contributed by atoms with E-state index in [1.54, 1.807) is 12.1 Å². The van der Waals surface area contributed by atoms with Crippen molar-refractivity contribution in [1.29, 1.82) is 0 Å². The standard InChI is InChI=1S/C15H21BrN2O2/c1-11(2)10-18-14(19)7-8-17-15(20)13-5-3-12(9-16)4-6-13/h3-6,11H,7-10H2,1-2H3,(H,17,20)(H,18,19). The molecule has 2 N–H and O–H groups in total. The number of hydrogen-bond acceptors (Lipinski definition) is 2. The molecule has 0 radical (unpaired) electrons. The predicted molar refractivity (Wildman–Crippen MR) is 83.9 cm³/mol. The molecule has 110 valence electrons. The van der Waals surface area contributed by atoms with Gasteiger partial charge in [-0.2, -0.15) is 0 Å². The van der Waals surface area contributed by atoms with Crippen molar-refractivity contribution in [2.24, 2.45) is 5.92 Å². The Bertz CT molecular complexity index is 444. The van der Waals surface area contributed by atoms with Crippen molar-refractivity contribution in [3.8, 4) is 0 Å². The lowest BCUT2D eigenvalue weighted by atomic mass is 10.1. The molecule has 0 atom stereocenters. The predicted octanol–water partition coefficient (Wildman–Crippen LogP) is 2.47. The summed E-state index contributed by atoms with van der Waals surface area (Å²) in [5, 5.41) is 6.33. The van der Waals surface area contributed by atoms with Gasteiger partial charge in [-0.3, -0.25) is 9.59 Å². The van der Waals surface area contributed by atoms with Gasteiger partial charge in [0.1, 0.15) is 0 Å². The van der Waals surface area contributed by atoms with Crippen LogP contribution in [0.5, 0.6) is 0 Å². The minimum absolute atomic E-state index is 0.0337. The van der Waals surface area contributed by atoms with Crippen molar-refractivity contribution in [1.82, 2.24) is 10.6 Å². The molecular weight excluding hydrogens is 320 g/mol. The second-order valence-electron chi connectivity index (χ2n) is 5.03. The van der Waals surface area contributed by atoms with E-state index in [2.05, 4.69) is 26.6 Å². The van der Waals surface area contributed by atoms with Crippen molar-refractivity contribution in [3.63, 3.8) is 0 Å². The highest BCUT2D eigenvalue weighted by molar-refractivity contribution is 9.08. The molecule has 1 aromatic rings. The fourth-order valence-electron chi connectivity index (χ4n) is 1.54. The Kier molecular flexibility index (Phi) is 7.30. The van der Waals surface area contributed by atoms with Gasteiger partial charge in [-0.1, -0.05) is 41.9 Å². The number of nitrogens with one attached hydrogen (secondary N) is 2. The van der Waals surface area contributed by atoms with Crippen molar-refractivity contribution >= 4 is 27.7 Å². The van der Waals surface area contributed by atoms with Crippen LogP contribution >= 0.6 is 15.9 Å². The first kappa shape index (κ1) is 16.7. The number of halogens is 1. The van der Waals surface area contributed by atoms with Gasteiger partial charge in [-0.25, -0.2) is 0 Å². The topological polar surface area (TPSA) is 58.2 Å². The summed E-state index contributed by atoms with van der Waals surface area (Å²) in [5.41, 5.74) is 1.73. The number of amides is 2. The SMILES string of the molecule is CC(C)CNC(=O)CCNC(=O)c1ccc(CBr)cc1. The summed E-state index contributed by atoms with van der Waals surface area (Å²) >= 11 is 3.36. The first-order chi connectivity index (χ1) is 9.52. The van der Waals surface area contributed by atoms with E-state index in [9.17, 15) is 9.59 Å². The number of carbonyl (C=O) groups is 2. The van der Waals surface area contributed by atoms with Gasteiger partial charge < -0.3 is 10.6 Å². The van der Waals surface area contributed by atoms with Gasteiger partial charge in [0, 0.05) is 30.4 Å². The summed E-state index contributed by atoms with van der Waals surface area (Å²) in [5.74, 6) is 0.248. The molecule has 0 saturated carbocycles. The fraction of sp³-hybridized carbons (Fsp3) is 0.467. The van der Waals surface area contributed by atoms with Gasteiger partial charge in [0.25, 0.3) is 5.91 Å². The van der Waals surface area contributed by atoms with Crippen LogP contribution in [-0.4, -0.2) is 24.9 Å². The maximum atomic E-state index is 11.8. The van der Waals surface area contributed by atoms with E-state index in [0.717, 1.165) is 10.9 Å². The summed E-state index contributed by atoms with van der Waals surface area (Å²) in [6.07, 6.45) is 0.304. The molecular formula is C15H21BrN2O2. The minimum Gasteiger partial charge on any atom is -0.356 e. The first-order valence-electron chi connectivity index (χ1n) is 6.72. The molecule has 0 bridgehead atoms. The Labute approximate surface area is 128 Å². The molecule has 0 heterocycles. The van der Waals surface area contributed by atoms with Crippen LogP contribution in [0.3, 0.4) is 0 Å². The average molecular weight is 341 g/mol. The summed E-state index contributed by atoms with van der Waals surface area (Å²) in [6.45, 7) is 5.10. The zero-order valence-corrected chi connectivity index (χ0v) is 13.5. The quantitative estimate of drug-likeness (QED) is 0.749. The number of alkyl halides is 1. The molecule has 0 spiro atoms. The molecule has 1 rings (SSSR count). The normalized spacial score (nSPS) is 10.4. The van der Waals surface area contributed by atoms with Gasteiger partial charge in [0.05, 0.1) is 0 Å². The van der Waals surface area contributed by atoms with E-state index in [4.69, 9.17) is 0 Å². The molecule has 0 aliphatic rings. The van der Waals surface area contributed by atoms with Crippen LogP contribution in [0, 0.1) is 5.92 Å². The van der Waals surface area contributed by atoms with Crippen molar-refractivity contribution in [2.45, 2.75) is 25.6 Å². The summed E-state index contributed by atoms with van der Waals surface area (Å²) in [4.78, 5) is 23.3. The molecule has 0 saturated heterocycles. The number of hydrogen-bond donors (Lipinski definition) is 2. The molecule has 2 amide bonds. The molecule has 0 aliphatic heterocycles. The van der Waals surface area contributed by atoms with Crippen LogP contribution in [0.2, 0.25) is 0 Å². The largest absolute Gasteiger partial charge is 0.356 e. The third-order valence-corrected chi connectivity index (χ3v) is 3.36. The maximum absolute atomic E-state index is 11.8. The molecule has 4 nitrogen and oxygen atoms in total. The lowest BCUT2D eigenvalue weighted by Gasteiger charge is -2.08. The number of benzene rings is 1. The van der Waals surface area contributed by atoms with E-state index in [0.29, 0.717) is 31.0 Å². The highest BCUT2D eigenvalue weighted by Crippen LogP contribution is 2.07. The van der Waals surface area contributed by atoms with Crippen molar-refractivity contribution in [3.05, 3.63) is 35.4 Å². The zero-order valence-electron chi connectivity index (χ0n) is 11.9. The van der Waals surface area contributed by atoms with E-state index in [-0.39, 0.29) is 11.8 Å². The first-order valence-corrected chi connectivity index (χ1v) is 7.85. The Morgan fingerprint density at radius 1 is 1.15 bits per heavy atom. The Balaban J connectivity index is 2.30. The zero-order chi connectivity index (χ0) is 15.0. The van der Waals surface area contributed by atoms with Gasteiger partial charge in [0.2, 0.25) is 5.91 Å². The van der Waals surface area contributed by atoms with Gasteiger partial charge >= 0.3 is 0 Å². The van der Waals surface area contributed by atoms with E-state index in [1.807, 2.05) is 26.0 Å². The maximum Gasteiger partial charge on any atom is 0.251 e.